The van der Waals surface area contributed by atoms with Crippen molar-refractivity contribution in [3.63, 3.8) is 0 Å². The van der Waals surface area contributed by atoms with Gasteiger partial charge in [-0.15, -0.1) is 0 Å². The Kier molecular flexibility index (Phi) is 5.24. The molecule has 1 saturated heterocycles. The summed E-state index contributed by atoms with van der Waals surface area (Å²) < 4.78 is 0. The Hall–Kier alpha value is -2.12. The van der Waals surface area contributed by atoms with Crippen LogP contribution in [0.2, 0.25) is 5.02 Å². The van der Waals surface area contributed by atoms with Gasteiger partial charge in [-0.05, 0) is 43.0 Å². The third kappa shape index (κ3) is 4.11. The second kappa shape index (κ2) is 7.41. The SMILES string of the molecule is Cc1ccc(Cl)cc1N1CCC(CNC(=O)c2ccc([N+](=O)[O-])s2)C1. The van der Waals surface area contributed by atoms with Gasteiger partial charge in [-0.1, -0.05) is 29.0 Å². The van der Waals surface area contributed by atoms with Crippen LogP contribution in [0.15, 0.2) is 30.3 Å². The van der Waals surface area contributed by atoms with E-state index in [4.69, 9.17) is 11.6 Å². The number of carbonyl (C=O) groups is 1. The van der Waals surface area contributed by atoms with Gasteiger partial charge in [0.1, 0.15) is 0 Å². The van der Waals surface area contributed by atoms with Crippen LogP contribution in [-0.2, 0) is 0 Å². The maximum atomic E-state index is 12.1. The third-order valence-corrected chi connectivity index (χ3v) is 5.62. The molecule has 1 fully saturated rings. The Labute approximate surface area is 154 Å². The van der Waals surface area contributed by atoms with Crippen LogP contribution in [0, 0.1) is 23.0 Å². The zero-order valence-corrected chi connectivity index (χ0v) is 15.3. The van der Waals surface area contributed by atoms with E-state index in [0.29, 0.717) is 17.3 Å². The van der Waals surface area contributed by atoms with Crippen molar-refractivity contribution < 1.29 is 9.72 Å². The summed E-state index contributed by atoms with van der Waals surface area (Å²) in [5.41, 5.74) is 2.31. The van der Waals surface area contributed by atoms with Crippen LogP contribution in [0.25, 0.3) is 0 Å². The lowest BCUT2D eigenvalue weighted by Gasteiger charge is -2.21. The number of hydrogen-bond donors (Lipinski definition) is 1. The van der Waals surface area contributed by atoms with E-state index >= 15 is 0 Å². The van der Waals surface area contributed by atoms with Gasteiger partial charge in [0, 0.05) is 36.4 Å². The molecule has 1 unspecified atom stereocenters. The largest absolute Gasteiger partial charge is 0.371 e. The van der Waals surface area contributed by atoms with Crippen LogP contribution in [0.4, 0.5) is 10.7 Å². The van der Waals surface area contributed by atoms with Crippen molar-refractivity contribution in [1.29, 1.82) is 0 Å². The number of carbonyl (C=O) groups excluding carboxylic acids is 1. The van der Waals surface area contributed by atoms with Crippen molar-refractivity contribution >= 4 is 39.5 Å². The average molecular weight is 380 g/mol. The van der Waals surface area contributed by atoms with Crippen LogP contribution in [0.5, 0.6) is 0 Å². The molecule has 1 amide bonds. The molecule has 1 aliphatic rings. The molecular formula is C17H18ClN3O3S. The van der Waals surface area contributed by atoms with Gasteiger partial charge in [-0.25, -0.2) is 0 Å². The minimum atomic E-state index is -0.483. The van der Waals surface area contributed by atoms with Crippen LogP contribution >= 0.6 is 22.9 Å². The topological polar surface area (TPSA) is 75.5 Å². The molecule has 0 saturated carbocycles. The minimum absolute atomic E-state index is 0.0198. The van der Waals surface area contributed by atoms with Gasteiger partial charge in [0.15, 0.2) is 0 Å². The average Bonchev–Trinajstić information content (AvgIpc) is 3.24. The standard InChI is InChI=1S/C17H18ClN3O3S/c1-11-2-3-13(18)8-14(11)20-7-6-12(10-20)9-19-17(22)15-4-5-16(25-15)21(23)24/h2-5,8,12H,6-7,9-10H2,1H3,(H,19,22). The number of halogens is 1. The van der Waals surface area contributed by atoms with Gasteiger partial charge in [-0.3, -0.25) is 14.9 Å². The van der Waals surface area contributed by atoms with Crippen molar-refractivity contribution in [2.24, 2.45) is 5.92 Å². The molecule has 132 valence electrons. The highest BCUT2D eigenvalue weighted by Crippen LogP contribution is 2.29. The molecule has 8 heteroatoms. The lowest BCUT2D eigenvalue weighted by Crippen LogP contribution is -2.30. The Morgan fingerprint density at radius 3 is 2.96 bits per heavy atom. The molecular weight excluding hydrogens is 362 g/mol. The molecule has 1 aromatic carbocycles. The molecule has 3 rings (SSSR count). The number of benzene rings is 1. The molecule has 25 heavy (non-hydrogen) atoms. The van der Waals surface area contributed by atoms with Crippen LogP contribution in [0.3, 0.4) is 0 Å². The lowest BCUT2D eigenvalue weighted by atomic mass is 10.1. The van der Waals surface area contributed by atoms with Crippen LogP contribution < -0.4 is 10.2 Å². The summed E-state index contributed by atoms with van der Waals surface area (Å²) in [6.45, 7) is 4.39. The number of amides is 1. The molecule has 0 spiro atoms. The van der Waals surface area contributed by atoms with E-state index in [-0.39, 0.29) is 10.9 Å². The first kappa shape index (κ1) is 17.7. The zero-order chi connectivity index (χ0) is 18.0. The van der Waals surface area contributed by atoms with E-state index in [1.165, 1.54) is 17.7 Å². The first-order chi connectivity index (χ1) is 11.9. The molecule has 1 atom stereocenters. The second-order valence-corrected chi connectivity index (χ2v) is 7.64. The number of thiophene rings is 1. The Balaban J connectivity index is 1.55. The molecule has 0 bridgehead atoms. The summed E-state index contributed by atoms with van der Waals surface area (Å²) in [7, 11) is 0. The molecule has 0 aliphatic carbocycles. The van der Waals surface area contributed by atoms with Crippen LogP contribution in [-0.4, -0.2) is 30.5 Å². The number of nitrogens with one attached hydrogen (secondary N) is 1. The van der Waals surface area contributed by atoms with Gasteiger partial charge in [0.25, 0.3) is 5.91 Å². The molecule has 1 aromatic heterocycles. The summed E-state index contributed by atoms with van der Waals surface area (Å²) in [5, 5.41) is 14.3. The van der Waals surface area contributed by atoms with Gasteiger partial charge >= 0.3 is 5.00 Å². The molecule has 2 aromatic rings. The fourth-order valence-electron chi connectivity index (χ4n) is 3.01. The summed E-state index contributed by atoms with van der Waals surface area (Å²) in [6, 6.07) is 8.72. The number of rotatable bonds is 5. The highest BCUT2D eigenvalue weighted by molar-refractivity contribution is 7.17. The van der Waals surface area contributed by atoms with Crippen molar-refractivity contribution in [2.45, 2.75) is 13.3 Å². The van der Waals surface area contributed by atoms with E-state index in [2.05, 4.69) is 17.1 Å². The number of anilines is 1. The monoisotopic (exact) mass is 379 g/mol. The summed E-state index contributed by atoms with van der Waals surface area (Å²) in [4.78, 5) is 25.0. The Morgan fingerprint density at radius 2 is 2.24 bits per heavy atom. The molecule has 1 aliphatic heterocycles. The fraction of sp³-hybridized carbons (Fsp3) is 0.353. The van der Waals surface area contributed by atoms with Crippen LogP contribution in [0.1, 0.15) is 21.7 Å². The summed E-state index contributed by atoms with van der Waals surface area (Å²) >= 11 is 6.99. The number of aryl methyl sites for hydroxylation is 1. The third-order valence-electron chi connectivity index (χ3n) is 4.34. The predicted molar refractivity (Wildman–Crippen MR) is 99.8 cm³/mol. The lowest BCUT2D eigenvalue weighted by molar-refractivity contribution is -0.380. The Morgan fingerprint density at radius 1 is 1.44 bits per heavy atom. The van der Waals surface area contributed by atoms with E-state index in [0.717, 1.165) is 41.6 Å². The molecule has 0 radical (unpaired) electrons. The van der Waals surface area contributed by atoms with E-state index in [1.807, 2.05) is 18.2 Å². The fourth-order valence-corrected chi connectivity index (χ4v) is 3.92. The number of nitrogens with zero attached hydrogens (tertiary/aromatic N) is 2. The first-order valence-corrected chi connectivity index (χ1v) is 9.17. The quantitative estimate of drug-likeness (QED) is 0.632. The first-order valence-electron chi connectivity index (χ1n) is 7.97. The molecule has 1 N–H and O–H groups in total. The molecule has 6 nitrogen and oxygen atoms in total. The van der Waals surface area contributed by atoms with Gasteiger partial charge < -0.3 is 10.2 Å². The van der Waals surface area contributed by atoms with E-state index in [9.17, 15) is 14.9 Å². The summed E-state index contributed by atoms with van der Waals surface area (Å²) in [5.74, 6) is 0.0905. The molecule has 2 heterocycles. The van der Waals surface area contributed by atoms with Crippen molar-refractivity contribution in [1.82, 2.24) is 5.32 Å². The Bertz CT molecular complexity index is 808. The maximum Gasteiger partial charge on any atom is 0.324 e. The second-order valence-electron chi connectivity index (χ2n) is 6.14. The number of nitro groups is 1. The van der Waals surface area contributed by atoms with Gasteiger partial charge in [0.05, 0.1) is 9.80 Å². The normalized spacial score (nSPS) is 16.9. The van der Waals surface area contributed by atoms with Crippen molar-refractivity contribution in [3.05, 3.63) is 55.9 Å². The van der Waals surface area contributed by atoms with E-state index < -0.39 is 4.92 Å². The zero-order valence-electron chi connectivity index (χ0n) is 13.7. The van der Waals surface area contributed by atoms with Gasteiger partial charge in [0.2, 0.25) is 0 Å². The highest BCUT2D eigenvalue weighted by atomic mass is 35.5. The van der Waals surface area contributed by atoms with Gasteiger partial charge in [-0.2, -0.15) is 0 Å². The minimum Gasteiger partial charge on any atom is -0.371 e. The van der Waals surface area contributed by atoms with E-state index in [1.54, 1.807) is 0 Å². The maximum absolute atomic E-state index is 12.1. The highest BCUT2D eigenvalue weighted by Gasteiger charge is 2.25. The predicted octanol–water partition coefficient (Wildman–Crippen LogP) is 3.87. The number of hydrogen-bond acceptors (Lipinski definition) is 5. The smallest absolute Gasteiger partial charge is 0.324 e. The van der Waals surface area contributed by atoms with Crippen molar-refractivity contribution in [2.75, 3.05) is 24.5 Å². The van der Waals surface area contributed by atoms with Crippen molar-refractivity contribution in [3.8, 4) is 0 Å². The summed E-state index contributed by atoms with van der Waals surface area (Å²) in [6.07, 6.45) is 0.983.